The first-order valence-corrected chi connectivity index (χ1v) is 36.8. The number of esters is 3. The fourth-order valence-corrected chi connectivity index (χ4v) is 11.0. The summed E-state index contributed by atoms with van der Waals surface area (Å²) in [5.41, 5.74) is 0. The molecule has 0 aliphatic heterocycles. The lowest BCUT2D eigenvalue weighted by atomic mass is 10.0. The summed E-state index contributed by atoms with van der Waals surface area (Å²) in [6.45, 7) is 6.68. The molecule has 484 valence electrons. The highest BCUT2D eigenvalue weighted by Gasteiger charge is 2.19. The van der Waals surface area contributed by atoms with Gasteiger partial charge in [-0.25, -0.2) is 0 Å². The second-order valence-electron chi connectivity index (χ2n) is 24.9. The van der Waals surface area contributed by atoms with Crippen LogP contribution in [0.1, 0.15) is 393 Å². The van der Waals surface area contributed by atoms with Crippen molar-refractivity contribution in [3.8, 4) is 0 Å². The van der Waals surface area contributed by atoms with Crippen LogP contribution in [0.5, 0.6) is 0 Å². The van der Waals surface area contributed by atoms with Crippen LogP contribution in [-0.2, 0) is 28.6 Å². The van der Waals surface area contributed by atoms with Crippen LogP contribution in [0.25, 0.3) is 0 Å². The van der Waals surface area contributed by atoms with Crippen LogP contribution in [0.15, 0.2) is 60.8 Å². The van der Waals surface area contributed by atoms with Crippen LogP contribution in [0.2, 0.25) is 0 Å². The van der Waals surface area contributed by atoms with Crippen molar-refractivity contribution in [1.29, 1.82) is 0 Å². The van der Waals surface area contributed by atoms with Gasteiger partial charge in [0.15, 0.2) is 6.10 Å². The summed E-state index contributed by atoms with van der Waals surface area (Å²) in [5, 5.41) is 0. The standard InChI is InChI=1S/C77H140O6/c1-4-7-10-13-16-19-22-25-28-30-32-34-36-37-38-39-41-42-44-46-49-52-55-58-61-64-67-70-76(79)82-73-74(72-81-75(78)69-66-63-60-57-54-51-48-27-24-21-18-15-12-9-6-3)83-77(80)71-68-65-62-59-56-53-50-47-45-43-40-35-33-31-29-26-23-20-17-14-11-8-5-2/h22-23,25-26,30-33,36-37,74H,4-21,24,27-29,34-35,38-73H2,1-3H3/b25-22-,26-23-,32-30-,33-31-,37-36-. The predicted molar refractivity (Wildman–Crippen MR) is 362 cm³/mol. The van der Waals surface area contributed by atoms with Gasteiger partial charge in [-0.05, 0) is 89.9 Å². The first kappa shape index (κ1) is 80.1. The van der Waals surface area contributed by atoms with Crippen molar-refractivity contribution in [3.05, 3.63) is 60.8 Å². The second kappa shape index (κ2) is 71.6. The van der Waals surface area contributed by atoms with E-state index in [0.29, 0.717) is 19.3 Å². The molecule has 6 nitrogen and oxygen atoms in total. The van der Waals surface area contributed by atoms with E-state index in [1.807, 2.05) is 0 Å². The van der Waals surface area contributed by atoms with Crippen molar-refractivity contribution in [2.24, 2.45) is 0 Å². The second-order valence-corrected chi connectivity index (χ2v) is 24.9. The highest BCUT2D eigenvalue weighted by Crippen LogP contribution is 2.18. The van der Waals surface area contributed by atoms with Gasteiger partial charge in [0.05, 0.1) is 0 Å². The van der Waals surface area contributed by atoms with E-state index in [1.165, 1.54) is 276 Å². The van der Waals surface area contributed by atoms with Crippen molar-refractivity contribution >= 4 is 17.9 Å². The summed E-state index contributed by atoms with van der Waals surface area (Å²) in [5.74, 6) is -0.848. The lowest BCUT2D eigenvalue weighted by Crippen LogP contribution is -2.30. The molecule has 0 heterocycles. The molecule has 0 fully saturated rings. The van der Waals surface area contributed by atoms with Gasteiger partial charge in [0.25, 0.3) is 0 Å². The van der Waals surface area contributed by atoms with E-state index in [1.54, 1.807) is 0 Å². The topological polar surface area (TPSA) is 78.9 Å². The van der Waals surface area contributed by atoms with E-state index in [9.17, 15) is 14.4 Å². The maximum Gasteiger partial charge on any atom is 0.306 e. The maximum atomic E-state index is 13.0. The molecule has 0 aliphatic carbocycles. The van der Waals surface area contributed by atoms with Crippen molar-refractivity contribution in [3.63, 3.8) is 0 Å². The number of carbonyl (C=O) groups is 3. The molecule has 0 spiro atoms. The molecule has 0 rings (SSSR count). The molecule has 0 bridgehead atoms. The smallest absolute Gasteiger partial charge is 0.306 e. The van der Waals surface area contributed by atoms with E-state index in [4.69, 9.17) is 14.2 Å². The molecule has 0 saturated heterocycles. The van der Waals surface area contributed by atoms with Crippen molar-refractivity contribution in [2.75, 3.05) is 13.2 Å². The number of hydrogen-bond acceptors (Lipinski definition) is 6. The van der Waals surface area contributed by atoms with Crippen molar-refractivity contribution in [2.45, 2.75) is 399 Å². The SMILES string of the molecule is CCCCCCC/C=C\C/C=C\C/C=C\CCCCCCCCCCCCCCC(=O)OCC(COC(=O)CCCCCCCCCCCCCCCCC)OC(=O)CCCCCCCCCCCCC/C=C\C/C=C\CCCCCCC. The molecule has 0 aromatic carbocycles. The minimum absolute atomic E-state index is 0.0707. The highest BCUT2D eigenvalue weighted by atomic mass is 16.6. The van der Waals surface area contributed by atoms with E-state index < -0.39 is 6.10 Å². The largest absolute Gasteiger partial charge is 0.462 e. The Kier molecular flexibility index (Phi) is 69.1. The van der Waals surface area contributed by atoms with Crippen LogP contribution in [0.3, 0.4) is 0 Å². The average molecular weight is 1160 g/mol. The number of hydrogen-bond donors (Lipinski definition) is 0. The number of ether oxygens (including phenoxy) is 3. The number of rotatable bonds is 68. The Bertz CT molecular complexity index is 1470. The minimum Gasteiger partial charge on any atom is -0.462 e. The minimum atomic E-state index is -0.776. The van der Waals surface area contributed by atoms with Gasteiger partial charge < -0.3 is 14.2 Å². The zero-order valence-corrected chi connectivity index (χ0v) is 55.7. The third kappa shape index (κ3) is 69.8. The van der Waals surface area contributed by atoms with Crippen LogP contribution in [-0.4, -0.2) is 37.2 Å². The zero-order chi connectivity index (χ0) is 59.9. The van der Waals surface area contributed by atoms with E-state index in [2.05, 4.69) is 81.5 Å². The lowest BCUT2D eigenvalue weighted by Gasteiger charge is -2.18. The molecule has 0 aromatic rings. The van der Waals surface area contributed by atoms with Crippen LogP contribution < -0.4 is 0 Å². The molecule has 0 aromatic heterocycles. The molecule has 6 heteroatoms. The Labute approximate surface area is 517 Å². The number of unbranched alkanes of at least 4 members (excludes halogenated alkanes) is 47. The van der Waals surface area contributed by atoms with Crippen LogP contribution >= 0.6 is 0 Å². The summed E-state index contributed by atoms with van der Waals surface area (Å²) in [6.07, 6.45) is 92.5. The highest BCUT2D eigenvalue weighted by molar-refractivity contribution is 5.71. The molecule has 1 atom stereocenters. The monoisotopic (exact) mass is 1160 g/mol. The molecular weight excluding hydrogens is 1020 g/mol. The van der Waals surface area contributed by atoms with Gasteiger partial charge in [-0.3, -0.25) is 14.4 Å². The van der Waals surface area contributed by atoms with Gasteiger partial charge >= 0.3 is 17.9 Å². The van der Waals surface area contributed by atoms with Crippen LogP contribution in [0, 0.1) is 0 Å². The Morgan fingerprint density at radius 2 is 0.434 bits per heavy atom. The molecule has 0 aliphatic rings. The van der Waals surface area contributed by atoms with Gasteiger partial charge in [0.1, 0.15) is 13.2 Å². The van der Waals surface area contributed by atoms with E-state index >= 15 is 0 Å². The normalized spacial score (nSPS) is 12.4. The fraction of sp³-hybridized carbons (Fsp3) is 0.831. The Balaban J connectivity index is 4.28. The number of carbonyl (C=O) groups excluding carboxylic acids is 3. The van der Waals surface area contributed by atoms with Crippen molar-refractivity contribution in [1.82, 2.24) is 0 Å². The fourth-order valence-electron chi connectivity index (χ4n) is 11.0. The molecule has 0 radical (unpaired) electrons. The quantitative estimate of drug-likeness (QED) is 0.0261. The third-order valence-corrected chi connectivity index (χ3v) is 16.5. The van der Waals surface area contributed by atoms with E-state index in [0.717, 1.165) is 77.0 Å². The van der Waals surface area contributed by atoms with Gasteiger partial charge in [0.2, 0.25) is 0 Å². The van der Waals surface area contributed by atoms with Gasteiger partial charge in [-0.1, -0.05) is 345 Å². The van der Waals surface area contributed by atoms with E-state index in [-0.39, 0.29) is 31.1 Å². The molecule has 1 unspecified atom stereocenters. The summed E-state index contributed by atoms with van der Waals surface area (Å²) < 4.78 is 17.0. The predicted octanol–water partition coefficient (Wildman–Crippen LogP) is 25.5. The molecule has 0 saturated carbocycles. The molecule has 83 heavy (non-hydrogen) atoms. The van der Waals surface area contributed by atoms with Crippen LogP contribution in [0.4, 0.5) is 0 Å². The van der Waals surface area contributed by atoms with Gasteiger partial charge in [-0.15, -0.1) is 0 Å². The van der Waals surface area contributed by atoms with Gasteiger partial charge in [-0.2, -0.15) is 0 Å². The maximum absolute atomic E-state index is 13.0. The first-order valence-electron chi connectivity index (χ1n) is 36.8. The number of allylic oxidation sites excluding steroid dienone is 10. The Morgan fingerprint density at radius 1 is 0.241 bits per heavy atom. The lowest BCUT2D eigenvalue weighted by molar-refractivity contribution is -0.167. The summed E-state index contributed by atoms with van der Waals surface area (Å²) in [7, 11) is 0. The Morgan fingerprint density at radius 3 is 0.675 bits per heavy atom. The average Bonchev–Trinajstić information content (AvgIpc) is 3.49. The summed E-state index contributed by atoms with van der Waals surface area (Å²) >= 11 is 0. The molecule has 0 amide bonds. The zero-order valence-electron chi connectivity index (χ0n) is 55.7. The van der Waals surface area contributed by atoms with Crippen molar-refractivity contribution < 1.29 is 28.6 Å². The van der Waals surface area contributed by atoms with Gasteiger partial charge in [0, 0.05) is 19.3 Å². The first-order chi connectivity index (χ1) is 41.0. The Hall–Kier alpha value is -2.89. The summed E-state index contributed by atoms with van der Waals surface area (Å²) in [6, 6.07) is 0. The third-order valence-electron chi connectivity index (χ3n) is 16.5. The molecular formula is C77H140O6. The summed E-state index contributed by atoms with van der Waals surface area (Å²) in [4.78, 5) is 38.5. The molecule has 0 N–H and O–H groups in total.